The van der Waals surface area contributed by atoms with Gasteiger partial charge in [-0.3, -0.25) is 0 Å². The van der Waals surface area contributed by atoms with Crippen molar-refractivity contribution in [2.24, 2.45) is 5.73 Å². The van der Waals surface area contributed by atoms with E-state index in [0.29, 0.717) is 5.56 Å². The molecule has 1 unspecified atom stereocenters. The second-order valence-corrected chi connectivity index (χ2v) is 3.40. The average Bonchev–Trinajstić information content (AvgIpc) is 2.81. The van der Waals surface area contributed by atoms with Gasteiger partial charge in [-0.15, -0.1) is 0 Å². The standard InChI is InChI=1S/C11H11F2N3/c12-11(13)10(14)8-2-4-9(5-3-8)16-7-1-6-15-16/h1-7,10-11H,14H2. The SMILES string of the molecule is NC(c1ccc(-n2cccn2)cc1)C(F)F. The largest absolute Gasteiger partial charge is 0.319 e. The summed E-state index contributed by atoms with van der Waals surface area (Å²) >= 11 is 0. The van der Waals surface area contributed by atoms with Crippen LogP contribution in [0.4, 0.5) is 8.78 Å². The first-order valence-electron chi connectivity index (χ1n) is 4.82. The Morgan fingerprint density at radius 1 is 1.19 bits per heavy atom. The van der Waals surface area contributed by atoms with Crippen LogP contribution in [0, 0.1) is 0 Å². The van der Waals surface area contributed by atoms with Crippen LogP contribution in [0.15, 0.2) is 42.7 Å². The quantitative estimate of drug-likeness (QED) is 0.866. The highest BCUT2D eigenvalue weighted by molar-refractivity contribution is 5.35. The Morgan fingerprint density at radius 2 is 1.88 bits per heavy atom. The average molecular weight is 223 g/mol. The van der Waals surface area contributed by atoms with Crippen molar-refractivity contribution >= 4 is 0 Å². The van der Waals surface area contributed by atoms with Gasteiger partial charge >= 0.3 is 0 Å². The first-order valence-corrected chi connectivity index (χ1v) is 4.82. The molecule has 0 saturated heterocycles. The smallest absolute Gasteiger partial charge is 0.257 e. The molecular weight excluding hydrogens is 212 g/mol. The summed E-state index contributed by atoms with van der Waals surface area (Å²) < 4.78 is 26.3. The van der Waals surface area contributed by atoms with Crippen molar-refractivity contribution < 1.29 is 8.78 Å². The third-order valence-electron chi connectivity index (χ3n) is 2.32. The molecule has 0 aliphatic rings. The van der Waals surface area contributed by atoms with E-state index < -0.39 is 12.5 Å². The van der Waals surface area contributed by atoms with E-state index in [0.717, 1.165) is 5.69 Å². The van der Waals surface area contributed by atoms with E-state index in [1.807, 2.05) is 0 Å². The van der Waals surface area contributed by atoms with Crippen LogP contribution in [-0.2, 0) is 0 Å². The minimum absolute atomic E-state index is 0.422. The molecule has 0 aliphatic heterocycles. The summed E-state index contributed by atoms with van der Waals surface area (Å²) in [4.78, 5) is 0. The Morgan fingerprint density at radius 3 is 2.38 bits per heavy atom. The Kier molecular flexibility index (Phi) is 2.96. The van der Waals surface area contributed by atoms with Crippen molar-refractivity contribution in [3.05, 3.63) is 48.3 Å². The van der Waals surface area contributed by atoms with Gasteiger partial charge in [0.25, 0.3) is 6.43 Å². The summed E-state index contributed by atoms with van der Waals surface area (Å²) in [6.07, 6.45) is 0.886. The summed E-state index contributed by atoms with van der Waals surface area (Å²) in [6.45, 7) is 0. The molecule has 0 spiro atoms. The van der Waals surface area contributed by atoms with Crippen LogP contribution in [0.5, 0.6) is 0 Å². The first-order chi connectivity index (χ1) is 7.68. The zero-order valence-electron chi connectivity index (χ0n) is 8.42. The van der Waals surface area contributed by atoms with Crippen molar-refractivity contribution in [3.63, 3.8) is 0 Å². The van der Waals surface area contributed by atoms with E-state index in [-0.39, 0.29) is 0 Å². The molecule has 16 heavy (non-hydrogen) atoms. The lowest BCUT2D eigenvalue weighted by atomic mass is 10.1. The van der Waals surface area contributed by atoms with Crippen molar-refractivity contribution in [2.45, 2.75) is 12.5 Å². The lowest BCUT2D eigenvalue weighted by Crippen LogP contribution is -2.18. The molecule has 0 radical (unpaired) electrons. The molecule has 1 atom stereocenters. The van der Waals surface area contributed by atoms with Gasteiger partial charge in [-0.25, -0.2) is 13.5 Å². The van der Waals surface area contributed by atoms with E-state index in [1.54, 1.807) is 47.4 Å². The first kappa shape index (κ1) is 10.8. The maximum Gasteiger partial charge on any atom is 0.257 e. The Bertz CT molecular complexity index is 437. The molecule has 5 heteroatoms. The van der Waals surface area contributed by atoms with Gasteiger partial charge in [-0.2, -0.15) is 5.10 Å². The summed E-state index contributed by atoms with van der Waals surface area (Å²) in [6, 6.07) is 7.17. The predicted molar refractivity (Wildman–Crippen MR) is 56.5 cm³/mol. The van der Waals surface area contributed by atoms with Gasteiger partial charge in [0.05, 0.1) is 11.7 Å². The third kappa shape index (κ3) is 2.09. The van der Waals surface area contributed by atoms with Gasteiger partial charge in [-0.05, 0) is 23.8 Å². The molecule has 1 aromatic heterocycles. The fraction of sp³-hybridized carbons (Fsp3) is 0.182. The predicted octanol–water partition coefficient (Wildman–Crippen LogP) is 2.14. The number of rotatable bonds is 3. The molecule has 0 fully saturated rings. The second-order valence-electron chi connectivity index (χ2n) is 3.40. The van der Waals surface area contributed by atoms with Crippen LogP contribution >= 0.6 is 0 Å². The van der Waals surface area contributed by atoms with E-state index in [1.165, 1.54) is 0 Å². The minimum Gasteiger partial charge on any atom is -0.319 e. The zero-order valence-corrected chi connectivity index (χ0v) is 8.42. The molecule has 1 aromatic carbocycles. The van der Waals surface area contributed by atoms with Gasteiger partial charge in [0.15, 0.2) is 0 Å². The van der Waals surface area contributed by atoms with Crippen LogP contribution in [-0.4, -0.2) is 16.2 Å². The van der Waals surface area contributed by atoms with Crippen LogP contribution in [0.25, 0.3) is 5.69 Å². The molecule has 0 aliphatic carbocycles. The van der Waals surface area contributed by atoms with Gasteiger partial charge in [0, 0.05) is 12.4 Å². The van der Waals surface area contributed by atoms with Crippen LogP contribution in [0.3, 0.4) is 0 Å². The van der Waals surface area contributed by atoms with E-state index in [4.69, 9.17) is 5.73 Å². The molecule has 0 amide bonds. The number of hydrogen-bond donors (Lipinski definition) is 1. The second kappa shape index (κ2) is 4.40. The van der Waals surface area contributed by atoms with Crippen LogP contribution < -0.4 is 5.73 Å². The molecule has 2 aromatic rings. The zero-order chi connectivity index (χ0) is 11.5. The molecule has 2 rings (SSSR count). The fourth-order valence-electron chi connectivity index (χ4n) is 1.42. The molecular formula is C11H11F2N3. The van der Waals surface area contributed by atoms with Gasteiger partial charge in [0.2, 0.25) is 0 Å². The lowest BCUT2D eigenvalue weighted by Gasteiger charge is -2.11. The van der Waals surface area contributed by atoms with Crippen molar-refractivity contribution in [1.82, 2.24) is 9.78 Å². The number of hydrogen-bond acceptors (Lipinski definition) is 2. The van der Waals surface area contributed by atoms with Crippen molar-refractivity contribution in [3.8, 4) is 5.69 Å². The summed E-state index contributed by atoms with van der Waals surface area (Å²) in [5.74, 6) is 0. The number of halogens is 2. The highest BCUT2D eigenvalue weighted by Gasteiger charge is 2.16. The fourth-order valence-corrected chi connectivity index (χ4v) is 1.42. The number of benzene rings is 1. The van der Waals surface area contributed by atoms with Gasteiger partial charge in [-0.1, -0.05) is 12.1 Å². The monoisotopic (exact) mass is 223 g/mol. The Labute approximate surface area is 91.5 Å². The number of nitrogens with zero attached hydrogens (tertiary/aromatic N) is 2. The van der Waals surface area contributed by atoms with Crippen LogP contribution in [0.2, 0.25) is 0 Å². The Hall–Kier alpha value is -1.75. The number of nitrogens with two attached hydrogens (primary N) is 1. The molecule has 3 nitrogen and oxygen atoms in total. The molecule has 2 N–H and O–H groups in total. The molecule has 0 bridgehead atoms. The Balaban J connectivity index is 2.23. The molecule has 84 valence electrons. The maximum atomic E-state index is 12.3. The highest BCUT2D eigenvalue weighted by Crippen LogP contribution is 2.19. The van der Waals surface area contributed by atoms with Crippen molar-refractivity contribution in [2.75, 3.05) is 0 Å². The van der Waals surface area contributed by atoms with E-state index >= 15 is 0 Å². The number of aromatic nitrogens is 2. The normalized spacial score (nSPS) is 13.0. The molecule has 0 saturated carbocycles. The third-order valence-corrected chi connectivity index (χ3v) is 2.32. The maximum absolute atomic E-state index is 12.3. The lowest BCUT2D eigenvalue weighted by molar-refractivity contribution is 0.116. The topological polar surface area (TPSA) is 43.8 Å². The molecule has 1 heterocycles. The highest BCUT2D eigenvalue weighted by atomic mass is 19.3. The van der Waals surface area contributed by atoms with E-state index in [9.17, 15) is 8.78 Å². The van der Waals surface area contributed by atoms with Gasteiger partial charge in [0.1, 0.15) is 0 Å². The van der Waals surface area contributed by atoms with Gasteiger partial charge < -0.3 is 5.73 Å². The summed E-state index contributed by atoms with van der Waals surface area (Å²) in [5, 5.41) is 4.03. The number of alkyl halides is 2. The van der Waals surface area contributed by atoms with Crippen molar-refractivity contribution in [1.29, 1.82) is 0 Å². The summed E-state index contributed by atoms with van der Waals surface area (Å²) in [7, 11) is 0. The van der Waals surface area contributed by atoms with Crippen LogP contribution in [0.1, 0.15) is 11.6 Å². The van der Waals surface area contributed by atoms with E-state index in [2.05, 4.69) is 5.10 Å². The summed E-state index contributed by atoms with van der Waals surface area (Å²) in [5.41, 5.74) is 6.57. The minimum atomic E-state index is -2.55.